The summed E-state index contributed by atoms with van der Waals surface area (Å²) in [5.74, 6) is -1.55. The summed E-state index contributed by atoms with van der Waals surface area (Å²) in [6.07, 6.45) is 2.69. The van der Waals surface area contributed by atoms with E-state index < -0.39 is 37.6 Å². The molecule has 0 spiro atoms. The van der Waals surface area contributed by atoms with E-state index in [1.54, 1.807) is 24.3 Å². The van der Waals surface area contributed by atoms with Crippen molar-refractivity contribution in [3.63, 3.8) is 0 Å². The van der Waals surface area contributed by atoms with Gasteiger partial charge in [0.05, 0.1) is 24.4 Å². The van der Waals surface area contributed by atoms with Crippen molar-refractivity contribution in [1.29, 1.82) is 0 Å². The van der Waals surface area contributed by atoms with Crippen LogP contribution in [0.3, 0.4) is 0 Å². The highest BCUT2D eigenvalue weighted by Gasteiger charge is 2.20. The van der Waals surface area contributed by atoms with Crippen molar-refractivity contribution in [2.24, 2.45) is 0 Å². The molecule has 0 fully saturated rings. The molecule has 0 saturated heterocycles. The van der Waals surface area contributed by atoms with Crippen LogP contribution in [0.2, 0.25) is 0 Å². The predicted molar refractivity (Wildman–Crippen MR) is 130 cm³/mol. The van der Waals surface area contributed by atoms with Crippen LogP contribution in [0, 0.1) is 12.7 Å². The maximum absolute atomic E-state index is 15.0. The summed E-state index contributed by atoms with van der Waals surface area (Å²) in [6.45, 7) is -2.49. The summed E-state index contributed by atoms with van der Waals surface area (Å²) in [5.41, 5.74) is 8.33. The number of rotatable bonds is 8. The summed E-state index contributed by atoms with van der Waals surface area (Å²) in [5, 5.41) is 16.0. The molecule has 2 aromatic heterocycles. The van der Waals surface area contributed by atoms with Crippen LogP contribution in [-0.4, -0.2) is 32.4 Å². The minimum Gasteiger partial charge on any atom is -0.394 e. The molecule has 0 radical (unpaired) electrons. The number of nitrogens with zero attached hydrogens (tertiary/aromatic N) is 3. The van der Waals surface area contributed by atoms with E-state index in [9.17, 15) is 23.1 Å². The van der Waals surface area contributed by atoms with Gasteiger partial charge in [-0.05, 0) is 41.8 Å². The number of hydrogen-bond acceptors (Lipinski definition) is 5. The lowest BCUT2D eigenvalue weighted by atomic mass is 9.99. The van der Waals surface area contributed by atoms with Crippen molar-refractivity contribution in [2.45, 2.75) is 26.2 Å². The molecule has 0 bridgehead atoms. The molecule has 11 heteroatoms. The van der Waals surface area contributed by atoms with Gasteiger partial charge in [-0.3, -0.25) is 4.79 Å². The molecule has 4 N–H and O–H groups in total. The number of nitrogen functional groups attached to an aromatic ring is 1. The number of pyridine rings is 1. The van der Waals surface area contributed by atoms with Crippen LogP contribution in [0.1, 0.15) is 39.8 Å². The molecule has 0 aliphatic rings. The minimum absolute atomic E-state index is 0.0762. The predicted octanol–water partition coefficient (Wildman–Crippen LogP) is 4.97. The molecular formula is C26H23F4N5O2. The number of aliphatic hydroxyl groups is 1. The number of carbonyl (C=O) groups is 1. The Kier molecular flexibility index (Phi) is 7.53. The van der Waals surface area contributed by atoms with E-state index in [2.05, 4.69) is 15.4 Å². The third-order valence-corrected chi connectivity index (χ3v) is 5.98. The molecule has 7 nitrogen and oxygen atoms in total. The van der Waals surface area contributed by atoms with E-state index >= 15 is 4.39 Å². The molecule has 0 unspecified atom stereocenters. The zero-order valence-electron chi connectivity index (χ0n) is 19.6. The van der Waals surface area contributed by atoms with Gasteiger partial charge < -0.3 is 16.2 Å². The Labute approximate surface area is 209 Å². The molecule has 0 saturated carbocycles. The number of alkyl halides is 3. The fraction of sp³-hybridized carbons (Fsp3) is 0.192. The first-order valence-electron chi connectivity index (χ1n) is 11.2. The van der Waals surface area contributed by atoms with Gasteiger partial charge in [-0.1, -0.05) is 30.3 Å². The Bertz CT molecular complexity index is 1440. The average Bonchev–Trinajstić information content (AvgIpc) is 3.28. The maximum atomic E-state index is 15.0. The van der Waals surface area contributed by atoms with Crippen LogP contribution in [-0.2, 0) is 6.67 Å². The molecule has 2 aromatic carbocycles. The number of nitrogens with two attached hydrogens (primary N) is 1. The summed E-state index contributed by atoms with van der Waals surface area (Å²) in [4.78, 5) is 16.9. The second-order valence-electron chi connectivity index (χ2n) is 8.30. The van der Waals surface area contributed by atoms with E-state index in [0.29, 0.717) is 38.1 Å². The van der Waals surface area contributed by atoms with Crippen molar-refractivity contribution in [3.8, 4) is 22.3 Å². The average molecular weight is 513 g/mol. The topological polar surface area (TPSA) is 106 Å². The number of amides is 1. The minimum atomic E-state index is -2.80. The molecular weight excluding hydrogens is 490 g/mol. The molecule has 192 valence electrons. The van der Waals surface area contributed by atoms with Crippen molar-refractivity contribution >= 4 is 11.7 Å². The Morgan fingerprint density at radius 1 is 1.11 bits per heavy atom. The fourth-order valence-electron chi connectivity index (χ4n) is 3.99. The standard InChI is InChI=1S/C26H23F4N5O2/c1-14-21(12-33-35(14)26(29)30)18-8-20(24(31)32-11-18)16-5-6-19(22(28)9-16)25(37)34-23(13-36)17-4-2-3-15(7-17)10-27/h2-9,11-12,23,26,36H,10,13H2,1H3,(H2,31,32)(H,34,37)/t23-/m1/s1. The second-order valence-corrected chi connectivity index (χ2v) is 8.30. The van der Waals surface area contributed by atoms with Crippen LogP contribution in [0.4, 0.5) is 23.4 Å². The number of aromatic nitrogens is 3. The highest BCUT2D eigenvalue weighted by molar-refractivity contribution is 5.95. The normalized spacial score (nSPS) is 12.1. The number of benzene rings is 2. The van der Waals surface area contributed by atoms with Gasteiger partial charge in [-0.2, -0.15) is 13.9 Å². The molecule has 4 aromatic rings. The smallest absolute Gasteiger partial charge is 0.333 e. The first kappa shape index (κ1) is 25.8. The molecule has 0 aliphatic carbocycles. The van der Waals surface area contributed by atoms with Gasteiger partial charge in [0.1, 0.15) is 18.3 Å². The molecule has 2 heterocycles. The van der Waals surface area contributed by atoms with Gasteiger partial charge in [0.15, 0.2) is 0 Å². The summed E-state index contributed by atoms with van der Waals surface area (Å²) in [7, 11) is 0. The molecule has 37 heavy (non-hydrogen) atoms. The Hall–Kier alpha value is -4.25. The lowest BCUT2D eigenvalue weighted by Gasteiger charge is -2.18. The summed E-state index contributed by atoms with van der Waals surface area (Å²) < 4.78 is 54.8. The van der Waals surface area contributed by atoms with Gasteiger partial charge in [0.2, 0.25) is 0 Å². The largest absolute Gasteiger partial charge is 0.394 e. The van der Waals surface area contributed by atoms with Gasteiger partial charge in [-0.25, -0.2) is 18.4 Å². The van der Waals surface area contributed by atoms with E-state index in [-0.39, 0.29) is 17.1 Å². The zero-order chi connectivity index (χ0) is 26.7. The third kappa shape index (κ3) is 5.31. The SMILES string of the molecule is Cc1c(-c2cnc(N)c(-c3ccc(C(=O)N[C@H](CO)c4cccc(CF)c4)c(F)c3)c2)cnn1C(F)F. The molecule has 4 rings (SSSR count). The highest BCUT2D eigenvalue weighted by Crippen LogP contribution is 2.32. The monoisotopic (exact) mass is 513 g/mol. The van der Waals surface area contributed by atoms with E-state index in [1.807, 2.05) is 0 Å². The molecule has 1 atom stereocenters. The van der Waals surface area contributed by atoms with Crippen molar-refractivity contribution < 1.29 is 27.5 Å². The first-order chi connectivity index (χ1) is 17.7. The lowest BCUT2D eigenvalue weighted by Crippen LogP contribution is -2.31. The van der Waals surface area contributed by atoms with Crippen molar-refractivity contribution in [3.05, 3.63) is 89.1 Å². The second kappa shape index (κ2) is 10.8. The number of hydrogen-bond donors (Lipinski definition) is 3. The summed E-state index contributed by atoms with van der Waals surface area (Å²) in [6, 6.07) is 10.9. The maximum Gasteiger partial charge on any atom is 0.333 e. The van der Waals surface area contributed by atoms with Crippen LogP contribution < -0.4 is 11.1 Å². The number of anilines is 1. The zero-order valence-corrected chi connectivity index (χ0v) is 19.6. The quantitative estimate of drug-likeness (QED) is 0.289. The van der Waals surface area contributed by atoms with Gasteiger partial charge in [-0.15, -0.1) is 0 Å². The van der Waals surface area contributed by atoms with Gasteiger partial charge in [0.25, 0.3) is 5.91 Å². The van der Waals surface area contributed by atoms with Gasteiger partial charge in [0, 0.05) is 28.6 Å². The lowest BCUT2D eigenvalue weighted by molar-refractivity contribution is 0.0545. The number of carbonyl (C=O) groups excluding carboxylic acids is 1. The third-order valence-electron chi connectivity index (χ3n) is 5.98. The van der Waals surface area contributed by atoms with Crippen molar-refractivity contribution in [1.82, 2.24) is 20.1 Å². The first-order valence-corrected chi connectivity index (χ1v) is 11.2. The Morgan fingerprint density at radius 2 is 1.89 bits per heavy atom. The number of aliphatic hydroxyl groups excluding tert-OH is 1. The number of nitrogens with one attached hydrogen (secondary N) is 1. The van der Waals surface area contributed by atoms with E-state index in [4.69, 9.17) is 5.73 Å². The molecule has 1 amide bonds. The fourth-order valence-corrected chi connectivity index (χ4v) is 3.99. The Balaban J connectivity index is 1.61. The van der Waals surface area contributed by atoms with Crippen LogP contribution in [0.15, 0.2) is 60.9 Å². The van der Waals surface area contributed by atoms with Gasteiger partial charge >= 0.3 is 6.55 Å². The van der Waals surface area contributed by atoms with Crippen molar-refractivity contribution in [2.75, 3.05) is 12.3 Å². The van der Waals surface area contributed by atoms with Crippen LogP contribution in [0.5, 0.6) is 0 Å². The van der Waals surface area contributed by atoms with E-state index in [1.165, 1.54) is 37.5 Å². The van der Waals surface area contributed by atoms with Crippen LogP contribution in [0.25, 0.3) is 22.3 Å². The summed E-state index contributed by atoms with van der Waals surface area (Å²) >= 11 is 0. The van der Waals surface area contributed by atoms with E-state index in [0.717, 1.165) is 6.07 Å². The van der Waals surface area contributed by atoms with Crippen LogP contribution >= 0.6 is 0 Å². The Morgan fingerprint density at radius 3 is 2.54 bits per heavy atom. The molecule has 0 aliphatic heterocycles. The number of halogens is 4. The highest BCUT2D eigenvalue weighted by atomic mass is 19.3.